The Kier molecular flexibility index (Phi) is 5.77. The first kappa shape index (κ1) is 18.7. The van der Waals surface area contributed by atoms with Crippen LogP contribution in [0, 0.1) is 0 Å². The molecule has 1 saturated heterocycles. The minimum Gasteiger partial charge on any atom is -0.394 e. The third kappa shape index (κ3) is 3.90. The molecule has 5 N–H and O–H groups in total. The number of phosphoric acid groups is 1. The van der Waals surface area contributed by atoms with Crippen molar-refractivity contribution in [2.24, 2.45) is 0 Å². The van der Waals surface area contributed by atoms with E-state index >= 15 is 0 Å². The van der Waals surface area contributed by atoms with Crippen LogP contribution in [0.5, 0.6) is 0 Å². The van der Waals surface area contributed by atoms with Crippen molar-refractivity contribution in [1.82, 2.24) is 19.5 Å². The summed E-state index contributed by atoms with van der Waals surface area (Å²) >= 11 is 0. The van der Waals surface area contributed by atoms with Crippen molar-refractivity contribution in [3.8, 4) is 0 Å². The van der Waals surface area contributed by atoms with Crippen molar-refractivity contribution in [3.05, 3.63) is 12.7 Å². The molecule has 3 rings (SSSR count). The number of hydrogen-bond acceptors (Lipinski definition) is 8. The van der Waals surface area contributed by atoms with E-state index in [-0.39, 0.29) is 41.8 Å². The van der Waals surface area contributed by atoms with Crippen molar-refractivity contribution in [3.63, 3.8) is 0 Å². The first-order valence-electron chi connectivity index (χ1n) is 6.32. The van der Waals surface area contributed by atoms with Gasteiger partial charge in [-0.2, -0.15) is 0 Å². The van der Waals surface area contributed by atoms with Crippen molar-refractivity contribution in [1.29, 1.82) is 0 Å². The van der Waals surface area contributed by atoms with E-state index in [9.17, 15) is 9.67 Å². The Morgan fingerprint density at radius 2 is 2.17 bits per heavy atom. The third-order valence-corrected chi connectivity index (χ3v) is 3.88. The number of hydrogen-bond donors (Lipinski definition) is 4. The topological polar surface area (TPSA) is 166 Å². The van der Waals surface area contributed by atoms with Gasteiger partial charge in [-0.3, -0.25) is 9.09 Å². The number of phosphoric ester groups is 1. The number of nitrogens with two attached hydrogens (primary N) is 1. The van der Waals surface area contributed by atoms with Gasteiger partial charge in [0.05, 0.1) is 12.9 Å². The normalized spacial score (nSPS) is 24.7. The number of anilines is 1. The smallest absolute Gasteiger partial charge is 0.394 e. The summed E-state index contributed by atoms with van der Waals surface area (Å²) < 4.78 is 22.8. The number of rotatable bonds is 4. The van der Waals surface area contributed by atoms with Gasteiger partial charge in [0.2, 0.25) is 0 Å². The standard InChI is InChI=1S/C10H14N5O6P.Na/c11-9-8-10(13-3-12-9)15(4-14-8)7-1-5(6(2-16)20-7)21-22(17,18)19;/h3-7,16H,1-2H2,(H2,11,12,13)(H2,17,18,19);. The number of ether oxygens (including phenoxy) is 1. The molecule has 2 aromatic rings. The molecule has 1 aliphatic rings. The summed E-state index contributed by atoms with van der Waals surface area (Å²) in [5, 5.41) is 9.28. The van der Waals surface area contributed by atoms with E-state index in [0.29, 0.717) is 11.2 Å². The Bertz CT molecular complexity index is 738. The number of fused-ring (bicyclic) bond motifs is 1. The maximum atomic E-state index is 11.0. The molecule has 0 spiro atoms. The number of aliphatic hydroxyl groups is 1. The Morgan fingerprint density at radius 1 is 1.43 bits per heavy atom. The van der Waals surface area contributed by atoms with Crippen molar-refractivity contribution < 1.29 is 28.7 Å². The number of aromatic nitrogens is 4. The predicted molar refractivity (Wildman–Crippen MR) is 78.0 cm³/mol. The average molecular weight is 354 g/mol. The first-order chi connectivity index (χ1) is 10.4. The summed E-state index contributed by atoms with van der Waals surface area (Å²) in [5.74, 6) is 0.212. The van der Waals surface area contributed by atoms with Crippen LogP contribution in [0.4, 0.5) is 5.82 Å². The van der Waals surface area contributed by atoms with Gasteiger partial charge < -0.3 is 25.4 Å². The third-order valence-electron chi connectivity index (χ3n) is 3.33. The Hall–Kier alpha value is -0.620. The number of aliphatic hydroxyl groups excluding tert-OH is 1. The molecular weight excluding hydrogens is 340 g/mol. The van der Waals surface area contributed by atoms with E-state index in [4.69, 9.17) is 20.3 Å². The molecular formula is C10H14N5NaO6P. The fourth-order valence-electron chi connectivity index (χ4n) is 2.40. The van der Waals surface area contributed by atoms with Crippen LogP contribution in [0.25, 0.3) is 11.2 Å². The Balaban J connectivity index is 0.00000192. The molecule has 0 aliphatic carbocycles. The average Bonchev–Trinajstić information content (AvgIpc) is 3.01. The molecule has 1 radical (unpaired) electrons. The van der Waals surface area contributed by atoms with Crippen LogP contribution < -0.4 is 5.73 Å². The molecule has 2 aromatic heterocycles. The second kappa shape index (κ2) is 7.09. The molecule has 13 heteroatoms. The molecule has 11 nitrogen and oxygen atoms in total. The monoisotopic (exact) mass is 354 g/mol. The molecule has 121 valence electrons. The van der Waals surface area contributed by atoms with Crippen LogP contribution in [0.1, 0.15) is 12.6 Å². The maximum absolute atomic E-state index is 11.0. The molecule has 0 bridgehead atoms. The van der Waals surface area contributed by atoms with Gasteiger partial charge in [-0.05, 0) is 0 Å². The van der Waals surface area contributed by atoms with Gasteiger partial charge in [0.15, 0.2) is 11.5 Å². The maximum Gasteiger partial charge on any atom is 0.469 e. The second-order valence-electron chi connectivity index (χ2n) is 4.76. The number of imidazole rings is 1. The van der Waals surface area contributed by atoms with E-state index in [1.165, 1.54) is 12.7 Å². The number of nitrogens with zero attached hydrogens (tertiary/aromatic N) is 4. The van der Waals surface area contributed by atoms with Gasteiger partial charge >= 0.3 is 7.82 Å². The summed E-state index contributed by atoms with van der Waals surface area (Å²) in [7, 11) is -4.69. The fourth-order valence-corrected chi connectivity index (χ4v) is 2.98. The molecule has 0 saturated carbocycles. The molecule has 23 heavy (non-hydrogen) atoms. The van der Waals surface area contributed by atoms with Crippen LogP contribution in [-0.2, 0) is 13.8 Å². The van der Waals surface area contributed by atoms with E-state index in [2.05, 4.69) is 19.5 Å². The first-order valence-corrected chi connectivity index (χ1v) is 7.85. The summed E-state index contributed by atoms with van der Waals surface area (Å²) in [6.07, 6.45) is 0.368. The fraction of sp³-hybridized carbons (Fsp3) is 0.500. The van der Waals surface area contributed by atoms with Crippen LogP contribution in [0.3, 0.4) is 0 Å². The molecule has 3 atom stereocenters. The van der Waals surface area contributed by atoms with Crippen molar-refractivity contribution in [2.75, 3.05) is 12.3 Å². The molecule has 0 amide bonds. The molecule has 0 aromatic carbocycles. The molecule has 3 unspecified atom stereocenters. The van der Waals surface area contributed by atoms with Gasteiger partial charge in [0, 0.05) is 36.0 Å². The largest absolute Gasteiger partial charge is 0.469 e. The van der Waals surface area contributed by atoms with E-state index in [1.54, 1.807) is 4.57 Å². The van der Waals surface area contributed by atoms with Crippen molar-refractivity contribution >= 4 is 54.4 Å². The molecule has 1 aliphatic heterocycles. The summed E-state index contributed by atoms with van der Waals surface area (Å²) in [6.45, 7) is -0.440. The second-order valence-corrected chi connectivity index (χ2v) is 5.96. The van der Waals surface area contributed by atoms with Gasteiger partial charge in [0.1, 0.15) is 30.3 Å². The Labute approximate surface area is 152 Å². The van der Waals surface area contributed by atoms with Crippen LogP contribution in [0.2, 0.25) is 0 Å². The van der Waals surface area contributed by atoms with Gasteiger partial charge in [-0.25, -0.2) is 19.5 Å². The zero-order chi connectivity index (χ0) is 15.9. The van der Waals surface area contributed by atoms with Gasteiger partial charge in [-0.1, -0.05) is 0 Å². The van der Waals surface area contributed by atoms with E-state index in [1.807, 2.05) is 0 Å². The summed E-state index contributed by atoms with van der Waals surface area (Å²) in [6, 6.07) is 0. The van der Waals surface area contributed by atoms with Gasteiger partial charge in [0.25, 0.3) is 0 Å². The summed E-state index contributed by atoms with van der Waals surface area (Å²) in [5.41, 5.74) is 6.51. The predicted octanol–water partition coefficient (Wildman–Crippen LogP) is -1.21. The van der Waals surface area contributed by atoms with Crippen LogP contribution in [-0.4, -0.2) is 82.8 Å². The zero-order valence-corrected chi connectivity index (χ0v) is 15.1. The van der Waals surface area contributed by atoms with E-state index < -0.39 is 32.9 Å². The van der Waals surface area contributed by atoms with Crippen molar-refractivity contribution in [2.45, 2.75) is 24.9 Å². The minimum atomic E-state index is -4.69. The SMILES string of the molecule is Nc1ncnc2c1ncn2C1CC(OP(=O)(O)O)C(CO)O1.[Na]. The number of nitrogen functional groups attached to an aromatic ring is 1. The Morgan fingerprint density at radius 3 is 2.83 bits per heavy atom. The molecule has 3 heterocycles. The quantitative estimate of drug-likeness (QED) is 0.386. The molecule has 1 fully saturated rings. The van der Waals surface area contributed by atoms with E-state index in [0.717, 1.165) is 0 Å². The zero-order valence-electron chi connectivity index (χ0n) is 12.2. The van der Waals surface area contributed by atoms with Crippen LogP contribution >= 0.6 is 7.82 Å². The van der Waals surface area contributed by atoms with Crippen LogP contribution in [0.15, 0.2) is 12.7 Å². The minimum absolute atomic E-state index is 0. The van der Waals surface area contributed by atoms with Gasteiger partial charge in [-0.15, -0.1) is 0 Å². The summed E-state index contributed by atoms with van der Waals surface area (Å²) in [4.78, 5) is 29.8.